The Balaban J connectivity index is 0.00000242. The maximum absolute atomic E-state index is 12.2. The van der Waals surface area contributed by atoms with Gasteiger partial charge in [0.1, 0.15) is 11.5 Å². The number of amides is 1. The third kappa shape index (κ3) is 4.52. The number of hydrogen-bond donors (Lipinski definition) is 1. The molecule has 124 valence electrons. The highest BCUT2D eigenvalue weighted by atomic mass is 35.5. The van der Waals surface area contributed by atoms with Crippen LogP contribution in [0.4, 0.5) is 0 Å². The summed E-state index contributed by atoms with van der Waals surface area (Å²) < 4.78 is 10.6. The molecule has 1 fully saturated rings. The Kier molecular flexibility index (Phi) is 6.50. The normalized spacial score (nSPS) is 20.0. The monoisotopic (exact) mass is 328 g/mol. The average molecular weight is 329 g/mol. The van der Waals surface area contributed by atoms with Crippen LogP contribution in [0.2, 0.25) is 0 Å². The van der Waals surface area contributed by atoms with E-state index < -0.39 is 0 Å². The van der Waals surface area contributed by atoms with E-state index in [4.69, 9.17) is 15.2 Å². The van der Waals surface area contributed by atoms with Gasteiger partial charge in [0.2, 0.25) is 0 Å². The number of carbonyl (C=O) groups excluding carboxylic acids is 1. The number of benzene rings is 1. The molecule has 0 aliphatic carbocycles. The fraction of sp³-hybridized carbons (Fsp3) is 0.562. The van der Waals surface area contributed by atoms with Gasteiger partial charge in [-0.2, -0.15) is 0 Å². The lowest BCUT2D eigenvalue weighted by Crippen LogP contribution is -2.54. The van der Waals surface area contributed by atoms with Crippen molar-refractivity contribution in [2.75, 3.05) is 26.8 Å². The van der Waals surface area contributed by atoms with Gasteiger partial charge < -0.3 is 20.1 Å². The number of piperidine rings is 1. The Morgan fingerprint density at radius 1 is 1.32 bits per heavy atom. The number of nitrogens with zero attached hydrogens (tertiary/aromatic N) is 1. The zero-order valence-electron chi connectivity index (χ0n) is 13.4. The van der Waals surface area contributed by atoms with Crippen LogP contribution in [0.15, 0.2) is 24.3 Å². The summed E-state index contributed by atoms with van der Waals surface area (Å²) in [5, 5.41) is 0. The second kappa shape index (κ2) is 7.70. The van der Waals surface area contributed by atoms with Crippen molar-refractivity contribution in [3.05, 3.63) is 24.3 Å². The van der Waals surface area contributed by atoms with E-state index in [-0.39, 0.29) is 36.4 Å². The molecule has 1 aliphatic rings. The van der Waals surface area contributed by atoms with Crippen molar-refractivity contribution in [2.45, 2.75) is 26.3 Å². The smallest absolute Gasteiger partial charge is 0.260 e. The molecule has 1 aromatic rings. The predicted octanol–water partition coefficient (Wildman–Crippen LogP) is 2.08. The van der Waals surface area contributed by atoms with Gasteiger partial charge in [0.25, 0.3) is 5.91 Å². The van der Waals surface area contributed by atoms with Crippen molar-refractivity contribution in [3.8, 4) is 11.5 Å². The highest BCUT2D eigenvalue weighted by molar-refractivity contribution is 5.85. The summed E-state index contributed by atoms with van der Waals surface area (Å²) in [5.74, 6) is 1.43. The van der Waals surface area contributed by atoms with Gasteiger partial charge in [0.15, 0.2) is 6.61 Å². The van der Waals surface area contributed by atoms with Gasteiger partial charge in [-0.1, -0.05) is 13.8 Å². The van der Waals surface area contributed by atoms with Gasteiger partial charge in [-0.15, -0.1) is 12.4 Å². The molecule has 22 heavy (non-hydrogen) atoms. The maximum atomic E-state index is 12.2. The summed E-state index contributed by atoms with van der Waals surface area (Å²) in [4.78, 5) is 14.1. The molecule has 1 heterocycles. The minimum atomic E-state index is -0.0476. The Bertz CT molecular complexity index is 491. The van der Waals surface area contributed by atoms with Crippen LogP contribution in [0.1, 0.15) is 20.3 Å². The van der Waals surface area contributed by atoms with E-state index >= 15 is 0 Å². The lowest BCUT2D eigenvalue weighted by Gasteiger charge is -2.42. The van der Waals surface area contributed by atoms with E-state index in [0.29, 0.717) is 18.8 Å². The molecule has 0 bridgehead atoms. The number of nitrogens with two attached hydrogens (primary N) is 1. The first-order chi connectivity index (χ1) is 9.92. The van der Waals surface area contributed by atoms with Gasteiger partial charge in [0, 0.05) is 19.1 Å². The van der Waals surface area contributed by atoms with E-state index in [9.17, 15) is 4.79 Å². The van der Waals surface area contributed by atoms with Crippen LogP contribution in [0.25, 0.3) is 0 Å². The molecule has 1 aromatic carbocycles. The van der Waals surface area contributed by atoms with Crippen LogP contribution >= 0.6 is 12.4 Å². The molecule has 2 N–H and O–H groups in total. The Morgan fingerprint density at radius 3 is 2.45 bits per heavy atom. The number of ether oxygens (including phenoxy) is 2. The lowest BCUT2D eigenvalue weighted by atomic mass is 9.80. The third-order valence-corrected chi connectivity index (χ3v) is 4.09. The van der Waals surface area contributed by atoms with Gasteiger partial charge >= 0.3 is 0 Å². The molecule has 0 aromatic heterocycles. The van der Waals surface area contributed by atoms with Crippen LogP contribution in [0.3, 0.4) is 0 Å². The molecule has 2 rings (SSSR count). The minimum Gasteiger partial charge on any atom is -0.497 e. The van der Waals surface area contributed by atoms with Gasteiger partial charge in [0.05, 0.1) is 7.11 Å². The number of methoxy groups -OCH3 is 1. The number of hydrogen-bond acceptors (Lipinski definition) is 4. The van der Waals surface area contributed by atoms with Crippen LogP contribution in [0.5, 0.6) is 11.5 Å². The molecule has 5 nitrogen and oxygen atoms in total. The first-order valence-corrected chi connectivity index (χ1v) is 7.22. The highest BCUT2D eigenvalue weighted by Gasteiger charge is 2.35. The quantitative estimate of drug-likeness (QED) is 0.919. The van der Waals surface area contributed by atoms with Crippen molar-refractivity contribution in [1.29, 1.82) is 0 Å². The molecule has 1 unspecified atom stereocenters. The topological polar surface area (TPSA) is 64.8 Å². The van der Waals surface area contributed by atoms with Crippen LogP contribution in [0, 0.1) is 5.41 Å². The maximum Gasteiger partial charge on any atom is 0.260 e. The highest BCUT2D eigenvalue weighted by Crippen LogP contribution is 2.27. The van der Waals surface area contributed by atoms with Crippen LogP contribution < -0.4 is 15.2 Å². The van der Waals surface area contributed by atoms with Crippen molar-refractivity contribution in [3.63, 3.8) is 0 Å². The summed E-state index contributed by atoms with van der Waals surface area (Å²) >= 11 is 0. The number of halogens is 1. The number of carbonyl (C=O) groups is 1. The van der Waals surface area contributed by atoms with E-state index in [1.807, 2.05) is 17.0 Å². The van der Waals surface area contributed by atoms with Crippen molar-refractivity contribution >= 4 is 18.3 Å². The summed E-state index contributed by atoms with van der Waals surface area (Å²) in [6.07, 6.45) is 0.835. The third-order valence-electron chi connectivity index (χ3n) is 4.09. The fourth-order valence-corrected chi connectivity index (χ4v) is 2.50. The summed E-state index contributed by atoms with van der Waals surface area (Å²) in [7, 11) is 1.61. The molecule has 0 radical (unpaired) electrons. The second-order valence-corrected chi connectivity index (χ2v) is 6.16. The molecule has 6 heteroatoms. The van der Waals surface area contributed by atoms with E-state index in [0.717, 1.165) is 12.2 Å². The largest absolute Gasteiger partial charge is 0.497 e. The zero-order chi connectivity index (χ0) is 15.5. The summed E-state index contributed by atoms with van der Waals surface area (Å²) in [6, 6.07) is 7.35. The molecule has 0 saturated carbocycles. The van der Waals surface area contributed by atoms with Crippen molar-refractivity contribution in [2.24, 2.45) is 11.1 Å². The second-order valence-electron chi connectivity index (χ2n) is 6.16. The summed E-state index contributed by atoms with van der Waals surface area (Å²) in [6.45, 7) is 5.63. The van der Waals surface area contributed by atoms with Crippen LogP contribution in [-0.4, -0.2) is 43.7 Å². The van der Waals surface area contributed by atoms with Gasteiger partial charge in [-0.3, -0.25) is 4.79 Å². The van der Waals surface area contributed by atoms with E-state index in [1.54, 1.807) is 19.2 Å². The first kappa shape index (κ1) is 18.6. The minimum absolute atomic E-state index is 0. The van der Waals surface area contributed by atoms with Gasteiger partial charge in [-0.25, -0.2) is 0 Å². The number of likely N-dealkylation sites (tertiary alicyclic amines) is 1. The molecule has 1 saturated heterocycles. The Hall–Kier alpha value is -1.46. The van der Waals surface area contributed by atoms with E-state index in [2.05, 4.69) is 13.8 Å². The average Bonchev–Trinajstić information content (AvgIpc) is 2.48. The first-order valence-electron chi connectivity index (χ1n) is 7.22. The van der Waals surface area contributed by atoms with E-state index in [1.165, 1.54) is 0 Å². The lowest BCUT2D eigenvalue weighted by molar-refractivity contribution is -0.136. The van der Waals surface area contributed by atoms with Crippen molar-refractivity contribution in [1.82, 2.24) is 4.90 Å². The molecular weight excluding hydrogens is 304 g/mol. The standard InChI is InChI=1S/C16H24N2O3.ClH/c1-16(2)11-18(9-8-14(16)17)15(19)10-21-13-6-4-12(20-3)5-7-13;/h4-7,14H,8-11,17H2,1-3H3;1H. The number of rotatable bonds is 4. The fourth-order valence-electron chi connectivity index (χ4n) is 2.50. The molecule has 0 spiro atoms. The predicted molar refractivity (Wildman–Crippen MR) is 88.7 cm³/mol. The van der Waals surface area contributed by atoms with Crippen molar-refractivity contribution < 1.29 is 14.3 Å². The zero-order valence-corrected chi connectivity index (χ0v) is 14.2. The molecule has 1 aliphatic heterocycles. The molecular formula is C16H25ClN2O3. The SMILES string of the molecule is COc1ccc(OCC(=O)N2CCC(N)C(C)(C)C2)cc1.Cl. The van der Waals surface area contributed by atoms with Gasteiger partial charge in [-0.05, 0) is 36.1 Å². The molecule has 1 amide bonds. The molecule has 1 atom stereocenters. The van der Waals surface area contributed by atoms with Crippen LogP contribution in [-0.2, 0) is 4.79 Å². The Labute approximate surface area is 138 Å². The Morgan fingerprint density at radius 2 is 1.91 bits per heavy atom. The summed E-state index contributed by atoms with van der Waals surface area (Å²) in [5.41, 5.74) is 6.04.